The van der Waals surface area contributed by atoms with Crippen LogP contribution in [0, 0.1) is 20.8 Å². The van der Waals surface area contributed by atoms with E-state index in [9.17, 15) is 4.79 Å². The minimum absolute atomic E-state index is 0.253. The van der Waals surface area contributed by atoms with Crippen LogP contribution in [0.1, 0.15) is 45.6 Å². The van der Waals surface area contributed by atoms with E-state index >= 15 is 0 Å². The van der Waals surface area contributed by atoms with Crippen molar-refractivity contribution in [2.75, 3.05) is 0 Å². The van der Waals surface area contributed by atoms with E-state index in [0.717, 1.165) is 34.7 Å². The lowest BCUT2D eigenvalue weighted by molar-refractivity contribution is 0.0919. The molecule has 3 aromatic rings. The number of aromatic nitrogens is 2. The van der Waals surface area contributed by atoms with Crippen LogP contribution in [0.15, 0.2) is 40.9 Å². The van der Waals surface area contributed by atoms with Crippen molar-refractivity contribution in [2.45, 2.75) is 47.4 Å². The lowest BCUT2D eigenvalue weighted by Crippen LogP contribution is -2.22. The minimum atomic E-state index is -0.253. The maximum Gasteiger partial charge on any atom is 0.287 e. The fourth-order valence-corrected chi connectivity index (χ4v) is 2.83. The Morgan fingerprint density at radius 1 is 1.22 bits per heavy atom. The third-order valence-corrected chi connectivity index (χ3v) is 4.54. The Morgan fingerprint density at radius 2 is 2.04 bits per heavy atom. The normalized spacial score (nSPS) is 10.8. The number of hydrogen-bond acceptors (Lipinski definition) is 4. The van der Waals surface area contributed by atoms with Crippen LogP contribution in [0.4, 0.5) is 0 Å². The molecule has 142 valence electrons. The first-order valence-corrected chi connectivity index (χ1v) is 9.06. The standard InChI is InChI=1S/C21H25N3O3/c1-5-24-16(4)17(12-23-24)11-22-21(25)19-9-8-18(27-19)13-26-20-10-14(2)6-7-15(20)3/h6-10,12H,5,11,13H2,1-4H3,(H,22,25). The first-order chi connectivity index (χ1) is 13.0. The largest absolute Gasteiger partial charge is 0.485 e. The summed E-state index contributed by atoms with van der Waals surface area (Å²) >= 11 is 0. The van der Waals surface area contributed by atoms with Crippen molar-refractivity contribution in [3.05, 3.63) is 70.4 Å². The second kappa shape index (κ2) is 8.12. The molecular formula is C21H25N3O3. The molecule has 0 aliphatic carbocycles. The van der Waals surface area contributed by atoms with Gasteiger partial charge in [0.05, 0.1) is 6.20 Å². The molecule has 0 aliphatic heterocycles. The summed E-state index contributed by atoms with van der Waals surface area (Å²) in [6.45, 7) is 9.55. The van der Waals surface area contributed by atoms with Gasteiger partial charge in [-0.05, 0) is 57.0 Å². The summed E-state index contributed by atoms with van der Waals surface area (Å²) in [6.07, 6.45) is 1.78. The van der Waals surface area contributed by atoms with Crippen molar-refractivity contribution in [1.82, 2.24) is 15.1 Å². The van der Waals surface area contributed by atoms with E-state index in [-0.39, 0.29) is 18.3 Å². The highest BCUT2D eigenvalue weighted by Crippen LogP contribution is 2.21. The number of nitrogens with one attached hydrogen (secondary N) is 1. The first kappa shape index (κ1) is 18.8. The van der Waals surface area contributed by atoms with Crippen molar-refractivity contribution in [1.29, 1.82) is 0 Å². The van der Waals surface area contributed by atoms with Crippen molar-refractivity contribution in [3.63, 3.8) is 0 Å². The Kier molecular flexibility index (Phi) is 5.64. The van der Waals surface area contributed by atoms with Crippen molar-refractivity contribution < 1.29 is 13.9 Å². The lowest BCUT2D eigenvalue weighted by atomic mass is 10.1. The molecule has 1 N–H and O–H groups in total. The van der Waals surface area contributed by atoms with Gasteiger partial charge >= 0.3 is 0 Å². The Balaban J connectivity index is 1.57. The first-order valence-electron chi connectivity index (χ1n) is 9.06. The van der Waals surface area contributed by atoms with Gasteiger partial charge in [0.1, 0.15) is 18.1 Å². The molecule has 1 aromatic carbocycles. The number of amides is 1. The summed E-state index contributed by atoms with van der Waals surface area (Å²) in [5, 5.41) is 7.15. The summed E-state index contributed by atoms with van der Waals surface area (Å²) < 4.78 is 13.3. The molecule has 0 fully saturated rings. The van der Waals surface area contributed by atoms with Gasteiger partial charge in [-0.25, -0.2) is 0 Å². The molecule has 3 rings (SSSR count). The Hall–Kier alpha value is -3.02. The molecular weight excluding hydrogens is 342 g/mol. The average Bonchev–Trinajstić information content (AvgIpc) is 3.27. The predicted octanol–water partition coefficient (Wildman–Crippen LogP) is 3.93. The lowest BCUT2D eigenvalue weighted by Gasteiger charge is -2.08. The summed E-state index contributed by atoms with van der Waals surface area (Å²) in [7, 11) is 0. The molecule has 0 radical (unpaired) electrons. The predicted molar refractivity (Wildman–Crippen MR) is 103 cm³/mol. The van der Waals surface area contributed by atoms with E-state index in [2.05, 4.69) is 10.4 Å². The number of rotatable bonds is 7. The van der Waals surface area contributed by atoms with E-state index in [0.29, 0.717) is 12.3 Å². The molecule has 6 heteroatoms. The van der Waals surface area contributed by atoms with Gasteiger partial charge in [-0.15, -0.1) is 0 Å². The van der Waals surface area contributed by atoms with Gasteiger partial charge in [-0.3, -0.25) is 9.48 Å². The zero-order chi connectivity index (χ0) is 19.4. The van der Waals surface area contributed by atoms with Crippen molar-refractivity contribution in [3.8, 4) is 5.75 Å². The van der Waals surface area contributed by atoms with Crippen LogP contribution < -0.4 is 10.1 Å². The molecule has 0 aliphatic rings. The molecule has 1 amide bonds. The van der Waals surface area contributed by atoms with Crippen molar-refractivity contribution >= 4 is 5.91 Å². The van der Waals surface area contributed by atoms with Crippen LogP contribution >= 0.6 is 0 Å². The number of hydrogen-bond donors (Lipinski definition) is 1. The van der Waals surface area contributed by atoms with Crippen LogP contribution in [0.2, 0.25) is 0 Å². The Labute approximate surface area is 159 Å². The van der Waals surface area contributed by atoms with E-state index in [1.165, 1.54) is 0 Å². The van der Waals surface area contributed by atoms with Gasteiger partial charge in [-0.1, -0.05) is 12.1 Å². The minimum Gasteiger partial charge on any atom is -0.485 e. The molecule has 6 nitrogen and oxygen atoms in total. The molecule has 2 aromatic heterocycles. The highest BCUT2D eigenvalue weighted by Gasteiger charge is 2.13. The number of benzene rings is 1. The highest BCUT2D eigenvalue weighted by atomic mass is 16.5. The maximum absolute atomic E-state index is 12.3. The molecule has 0 unspecified atom stereocenters. The number of ether oxygens (including phenoxy) is 1. The molecule has 27 heavy (non-hydrogen) atoms. The molecule has 0 saturated carbocycles. The van der Waals surface area contributed by atoms with Gasteiger partial charge in [0.25, 0.3) is 5.91 Å². The number of carbonyl (C=O) groups excluding carboxylic acids is 1. The van der Waals surface area contributed by atoms with Crippen molar-refractivity contribution in [2.24, 2.45) is 0 Å². The molecule has 0 spiro atoms. The zero-order valence-corrected chi connectivity index (χ0v) is 16.2. The molecule has 2 heterocycles. The van der Waals surface area contributed by atoms with Crippen LogP contribution in [-0.4, -0.2) is 15.7 Å². The van der Waals surface area contributed by atoms with Gasteiger partial charge in [0.2, 0.25) is 0 Å². The van der Waals surface area contributed by atoms with E-state index in [4.69, 9.17) is 9.15 Å². The van der Waals surface area contributed by atoms with Crippen LogP contribution in [0.3, 0.4) is 0 Å². The third kappa shape index (κ3) is 4.39. The molecule has 0 bridgehead atoms. The fourth-order valence-electron chi connectivity index (χ4n) is 2.83. The zero-order valence-electron chi connectivity index (χ0n) is 16.2. The Bertz CT molecular complexity index is 940. The smallest absolute Gasteiger partial charge is 0.287 e. The molecule has 0 atom stereocenters. The number of furan rings is 1. The van der Waals surface area contributed by atoms with Gasteiger partial charge in [-0.2, -0.15) is 5.10 Å². The van der Waals surface area contributed by atoms with Crippen LogP contribution in [0.25, 0.3) is 0 Å². The summed E-state index contributed by atoms with van der Waals surface area (Å²) in [6, 6.07) is 9.49. The maximum atomic E-state index is 12.3. The molecule has 0 saturated heterocycles. The summed E-state index contributed by atoms with van der Waals surface area (Å²) in [5.41, 5.74) is 4.25. The average molecular weight is 367 g/mol. The van der Waals surface area contributed by atoms with Crippen LogP contribution in [0.5, 0.6) is 5.75 Å². The fraction of sp³-hybridized carbons (Fsp3) is 0.333. The van der Waals surface area contributed by atoms with E-state index in [1.54, 1.807) is 18.3 Å². The third-order valence-electron chi connectivity index (χ3n) is 4.54. The summed E-state index contributed by atoms with van der Waals surface area (Å²) in [5.74, 6) is 1.45. The van der Waals surface area contributed by atoms with Gasteiger partial charge in [0.15, 0.2) is 5.76 Å². The number of aryl methyl sites for hydroxylation is 3. The SMILES string of the molecule is CCn1ncc(CNC(=O)c2ccc(COc3cc(C)ccc3C)o2)c1C. The summed E-state index contributed by atoms with van der Waals surface area (Å²) in [4.78, 5) is 12.3. The number of carbonyl (C=O) groups is 1. The second-order valence-electron chi connectivity index (χ2n) is 6.58. The quantitative estimate of drug-likeness (QED) is 0.687. The van der Waals surface area contributed by atoms with E-state index in [1.807, 2.05) is 50.6 Å². The number of nitrogens with zero attached hydrogens (tertiary/aromatic N) is 2. The topological polar surface area (TPSA) is 69.3 Å². The monoisotopic (exact) mass is 367 g/mol. The van der Waals surface area contributed by atoms with Gasteiger partial charge in [0, 0.05) is 24.3 Å². The Morgan fingerprint density at radius 3 is 2.78 bits per heavy atom. The van der Waals surface area contributed by atoms with Gasteiger partial charge < -0.3 is 14.5 Å². The highest BCUT2D eigenvalue weighted by molar-refractivity contribution is 5.91. The second-order valence-corrected chi connectivity index (χ2v) is 6.58. The van der Waals surface area contributed by atoms with E-state index < -0.39 is 0 Å². The van der Waals surface area contributed by atoms with Crippen LogP contribution in [-0.2, 0) is 19.7 Å².